The van der Waals surface area contributed by atoms with E-state index in [0.717, 1.165) is 50.6 Å². The molecule has 1 aromatic carbocycles. The van der Waals surface area contributed by atoms with E-state index < -0.39 is 6.03 Å². The van der Waals surface area contributed by atoms with Crippen molar-refractivity contribution in [3.8, 4) is 11.5 Å². The molecule has 1 atom stereocenters. The van der Waals surface area contributed by atoms with Crippen LogP contribution in [0.25, 0.3) is 0 Å². The maximum atomic E-state index is 12.0. The molecule has 0 aliphatic carbocycles. The van der Waals surface area contributed by atoms with Gasteiger partial charge in [0, 0.05) is 11.6 Å². The van der Waals surface area contributed by atoms with Gasteiger partial charge >= 0.3 is 6.03 Å². The Kier molecular flexibility index (Phi) is 6.52. The van der Waals surface area contributed by atoms with E-state index in [9.17, 15) is 9.59 Å². The van der Waals surface area contributed by atoms with Gasteiger partial charge in [-0.2, -0.15) is 0 Å². The van der Waals surface area contributed by atoms with Gasteiger partial charge in [-0.15, -0.1) is 0 Å². The van der Waals surface area contributed by atoms with Crippen molar-refractivity contribution in [2.75, 3.05) is 39.5 Å². The molecule has 2 aliphatic heterocycles. The predicted octanol–water partition coefficient (Wildman–Crippen LogP) is -1.68. The molecule has 0 radical (unpaired) electrons. The lowest BCUT2D eigenvalue weighted by Crippen LogP contribution is -3.28. The molecule has 3 amide bonds. The smallest absolute Gasteiger partial charge is 0.321 e. The van der Waals surface area contributed by atoms with E-state index in [4.69, 9.17) is 9.47 Å². The maximum Gasteiger partial charge on any atom is 0.321 e. The number of carbonyl (C=O) groups is 2. The molecule has 2 aliphatic rings. The molecule has 2 heterocycles. The van der Waals surface area contributed by atoms with Crippen molar-refractivity contribution in [1.29, 1.82) is 0 Å². The number of amides is 3. The standard InChI is InChI=1S/C19H28N4O4/c1-3-14(2)20-19(25)21-18(24)12-23-8-6-22(7-9-23)11-15-4-5-16-17(10-15)27-13-26-16/h4-5,10,14H,3,6-9,11-13H2,1-2H3,(H2,20,21,24,25)/p+2/t14-/m0/s1. The molecule has 1 saturated heterocycles. The molecule has 0 unspecified atom stereocenters. The summed E-state index contributed by atoms with van der Waals surface area (Å²) < 4.78 is 10.8. The average Bonchev–Trinajstić information content (AvgIpc) is 3.10. The molecule has 8 heteroatoms. The van der Waals surface area contributed by atoms with E-state index in [1.807, 2.05) is 19.9 Å². The van der Waals surface area contributed by atoms with E-state index in [2.05, 4.69) is 22.8 Å². The summed E-state index contributed by atoms with van der Waals surface area (Å²) in [4.78, 5) is 26.5. The lowest BCUT2D eigenvalue weighted by molar-refractivity contribution is -1.02. The first-order valence-electron chi connectivity index (χ1n) is 9.69. The molecule has 1 aromatic rings. The number of hydrogen-bond donors (Lipinski definition) is 4. The number of benzene rings is 1. The highest BCUT2D eigenvalue weighted by Gasteiger charge is 2.26. The third-order valence-electron chi connectivity index (χ3n) is 5.21. The summed E-state index contributed by atoms with van der Waals surface area (Å²) >= 11 is 0. The minimum atomic E-state index is -0.402. The van der Waals surface area contributed by atoms with E-state index >= 15 is 0 Å². The van der Waals surface area contributed by atoms with Gasteiger partial charge in [0.1, 0.15) is 32.7 Å². The summed E-state index contributed by atoms with van der Waals surface area (Å²) in [6.07, 6.45) is 0.834. The van der Waals surface area contributed by atoms with Crippen molar-refractivity contribution in [3.63, 3.8) is 0 Å². The number of piperazine rings is 1. The van der Waals surface area contributed by atoms with Gasteiger partial charge in [0.2, 0.25) is 6.79 Å². The monoisotopic (exact) mass is 378 g/mol. The number of hydrogen-bond acceptors (Lipinski definition) is 4. The molecule has 0 spiro atoms. The number of quaternary nitrogens is 2. The zero-order valence-corrected chi connectivity index (χ0v) is 16.1. The minimum absolute atomic E-state index is 0.0634. The summed E-state index contributed by atoms with van der Waals surface area (Å²) in [7, 11) is 0. The summed E-state index contributed by atoms with van der Waals surface area (Å²) in [6.45, 7) is 9.30. The molecule has 8 nitrogen and oxygen atoms in total. The average molecular weight is 378 g/mol. The van der Waals surface area contributed by atoms with Crippen LogP contribution in [0.1, 0.15) is 25.8 Å². The van der Waals surface area contributed by atoms with Crippen LogP contribution in [0, 0.1) is 0 Å². The molecule has 1 fully saturated rings. The molecule has 0 saturated carbocycles. The van der Waals surface area contributed by atoms with Crippen LogP contribution in [0.3, 0.4) is 0 Å². The molecule has 148 valence electrons. The minimum Gasteiger partial charge on any atom is -0.454 e. The van der Waals surface area contributed by atoms with Crippen LogP contribution in [0.15, 0.2) is 18.2 Å². The lowest BCUT2D eigenvalue weighted by Gasteiger charge is -2.29. The van der Waals surface area contributed by atoms with E-state index in [-0.39, 0.29) is 11.9 Å². The maximum absolute atomic E-state index is 12.0. The van der Waals surface area contributed by atoms with Gasteiger partial charge in [-0.3, -0.25) is 10.1 Å². The number of nitrogens with one attached hydrogen (secondary N) is 4. The zero-order chi connectivity index (χ0) is 19.2. The summed E-state index contributed by atoms with van der Waals surface area (Å²) in [5.74, 6) is 1.42. The first kappa shape index (κ1) is 19.4. The van der Waals surface area contributed by atoms with Crippen molar-refractivity contribution in [2.45, 2.75) is 32.9 Å². The van der Waals surface area contributed by atoms with Gasteiger partial charge in [0.25, 0.3) is 5.91 Å². The topological polar surface area (TPSA) is 85.5 Å². The molecule has 0 bridgehead atoms. The molecular weight excluding hydrogens is 348 g/mol. The fraction of sp³-hybridized carbons (Fsp3) is 0.579. The Hall–Kier alpha value is -2.32. The Bertz CT molecular complexity index is 674. The van der Waals surface area contributed by atoms with Gasteiger partial charge in [-0.05, 0) is 31.5 Å². The van der Waals surface area contributed by atoms with Gasteiger partial charge in [0.05, 0.1) is 0 Å². The first-order valence-corrected chi connectivity index (χ1v) is 9.69. The Morgan fingerprint density at radius 2 is 1.81 bits per heavy atom. The van der Waals surface area contributed by atoms with Gasteiger partial charge in [-0.25, -0.2) is 4.79 Å². The Labute approximate surface area is 159 Å². The highest BCUT2D eigenvalue weighted by atomic mass is 16.7. The van der Waals surface area contributed by atoms with E-state index in [0.29, 0.717) is 13.3 Å². The number of urea groups is 1. The molecular formula is C19H30N4O4+2. The number of fused-ring (bicyclic) bond motifs is 1. The fourth-order valence-corrected chi connectivity index (χ4v) is 3.41. The van der Waals surface area contributed by atoms with Crippen LogP contribution >= 0.6 is 0 Å². The normalized spacial score (nSPS) is 22.1. The number of imide groups is 1. The summed E-state index contributed by atoms with van der Waals surface area (Å²) in [6, 6.07) is 5.77. The zero-order valence-electron chi connectivity index (χ0n) is 16.1. The first-order chi connectivity index (χ1) is 13.0. The predicted molar refractivity (Wildman–Crippen MR) is 99.0 cm³/mol. The van der Waals surface area contributed by atoms with Gasteiger partial charge < -0.3 is 24.6 Å². The Morgan fingerprint density at radius 1 is 1.11 bits per heavy atom. The number of rotatable bonds is 6. The summed E-state index contributed by atoms with van der Waals surface area (Å²) in [5, 5.41) is 5.17. The number of ether oxygens (including phenoxy) is 2. The highest BCUT2D eigenvalue weighted by Crippen LogP contribution is 2.32. The van der Waals surface area contributed by atoms with Crippen molar-refractivity contribution in [1.82, 2.24) is 10.6 Å². The van der Waals surface area contributed by atoms with Crippen molar-refractivity contribution in [2.24, 2.45) is 0 Å². The van der Waals surface area contributed by atoms with Crippen LogP contribution in [-0.4, -0.2) is 57.5 Å². The van der Waals surface area contributed by atoms with Crippen molar-refractivity contribution < 1.29 is 28.9 Å². The number of carbonyl (C=O) groups excluding carboxylic acids is 2. The largest absolute Gasteiger partial charge is 0.454 e. The Morgan fingerprint density at radius 3 is 2.56 bits per heavy atom. The second-order valence-electron chi connectivity index (χ2n) is 7.37. The second kappa shape index (κ2) is 9.05. The van der Waals surface area contributed by atoms with Crippen LogP contribution in [0.5, 0.6) is 11.5 Å². The van der Waals surface area contributed by atoms with Crippen LogP contribution in [0.4, 0.5) is 4.79 Å². The molecule has 4 N–H and O–H groups in total. The van der Waals surface area contributed by atoms with Gasteiger partial charge in [-0.1, -0.05) is 6.92 Å². The SMILES string of the molecule is CC[C@H](C)NC(=O)NC(=O)C[NH+]1CC[NH+](Cc2ccc3c(c2)OCO3)CC1. The van der Waals surface area contributed by atoms with Crippen LogP contribution in [0.2, 0.25) is 0 Å². The Balaban J connectivity index is 1.38. The third-order valence-corrected chi connectivity index (χ3v) is 5.21. The van der Waals surface area contributed by atoms with Crippen molar-refractivity contribution in [3.05, 3.63) is 23.8 Å². The quantitative estimate of drug-likeness (QED) is 0.477. The molecule has 3 rings (SSSR count). The second-order valence-corrected chi connectivity index (χ2v) is 7.37. The molecule has 27 heavy (non-hydrogen) atoms. The van der Waals surface area contributed by atoms with E-state index in [1.165, 1.54) is 15.4 Å². The third kappa shape index (κ3) is 5.58. The van der Waals surface area contributed by atoms with E-state index in [1.54, 1.807) is 0 Å². The van der Waals surface area contributed by atoms with Crippen LogP contribution in [-0.2, 0) is 11.3 Å². The van der Waals surface area contributed by atoms with Gasteiger partial charge in [0.15, 0.2) is 18.0 Å². The fourth-order valence-electron chi connectivity index (χ4n) is 3.41. The lowest BCUT2D eigenvalue weighted by atomic mass is 10.1. The summed E-state index contributed by atoms with van der Waals surface area (Å²) in [5.41, 5.74) is 1.23. The highest BCUT2D eigenvalue weighted by molar-refractivity contribution is 5.94. The van der Waals surface area contributed by atoms with Crippen molar-refractivity contribution >= 4 is 11.9 Å². The molecule has 0 aromatic heterocycles. The van der Waals surface area contributed by atoms with Crippen LogP contribution < -0.4 is 29.9 Å².